The molecule has 0 atom stereocenters. The summed E-state index contributed by atoms with van der Waals surface area (Å²) in [5.41, 5.74) is 2.32. The maximum atomic E-state index is 11.0. The molecule has 0 aliphatic heterocycles. The van der Waals surface area contributed by atoms with E-state index in [9.17, 15) is 4.79 Å². The lowest BCUT2D eigenvalue weighted by molar-refractivity contribution is 0.0696. The Morgan fingerprint density at radius 1 is 1.00 bits per heavy atom. The van der Waals surface area contributed by atoms with Crippen molar-refractivity contribution >= 4 is 5.97 Å². The van der Waals surface area contributed by atoms with Crippen LogP contribution in [-0.2, 0) is 6.42 Å². The van der Waals surface area contributed by atoms with Gasteiger partial charge in [-0.25, -0.2) is 4.79 Å². The topological polar surface area (TPSA) is 37.3 Å². The zero-order valence-electron chi connectivity index (χ0n) is 9.34. The van der Waals surface area contributed by atoms with Crippen LogP contribution in [0.1, 0.15) is 21.5 Å². The predicted molar refractivity (Wildman–Crippen MR) is 66.9 cm³/mol. The Bertz CT molecular complexity index is 503. The molecule has 1 radical (unpaired) electrons. The first-order valence-corrected chi connectivity index (χ1v) is 5.47. The van der Waals surface area contributed by atoms with Gasteiger partial charge in [0.2, 0.25) is 0 Å². The van der Waals surface area contributed by atoms with Gasteiger partial charge in [0.05, 0.1) is 5.56 Å². The van der Waals surface area contributed by atoms with Crippen LogP contribution >= 0.6 is 0 Å². The Labute approximate surface area is 101 Å². The van der Waals surface area contributed by atoms with Crippen LogP contribution < -0.4 is 0 Å². The first-order valence-electron chi connectivity index (χ1n) is 5.47. The van der Waals surface area contributed by atoms with Crippen LogP contribution in [0.3, 0.4) is 0 Å². The molecule has 1 N–H and O–H groups in total. The van der Waals surface area contributed by atoms with E-state index in [1.165, 1.54) is 0 Å². The molecule has 2 heteroatoms. The van der Waals surface area contributed by atoms with Gasteiger partial charge in [-0.05, 0) is 30.0 Å². The molecule has 0 saturated carbocycles. The summed E-state index contributed by atoms with van der Waals surface area (Å²) in [4.78, 5) is 11.0. The second-order valence-corrected chi connectivity index (χ2v) is 3.78. The van der Waals surface area contributed by atoms with Gasteiger partial charge in [0.25, 0.3) is 0 Å². The van der Waals surface area contributed by atoms with Gasteiger partial charge in [0, 0.05) is 0 Å². The Morgan fingerprint density at radius 2 is 1.65 bits per heavy atom. The van der Waals surface area contributed by atoms with Crippen molar-refractivity contribution in [3.63, 3.8) is 0 Å². The smallest absolute Gasteiger partial charge is 0.335 e. The molecule has 0 amide bonds. The minimum absolute atomic E-state index is 0.375. The fourth-order valence-electron chi connectivity index (χ4n) is 1.72. The molecular weight excluding hydrogens is 212 g/mol. The summed E-state index contributed by atoms with van der Waals surface area (Å²) in [7, 11) is 0. The molecule has 0 heterocycles. The van der Waals surface area contributed by atoms with E-state index in [1.807, 2.05) is 48.9 Å². The number of rotatable bonds is 4. The Kier molecular flexibility index (Phi) is 3.55. The van der Waals surface area contributed by atoms with E-state index in [4.69, 9.17) is 5.11 Å². The molecule has 2 aromatic carbocycles. The van der Waals surface area contributed by atoms with Crippen LogP contribution in [0.4, 0.5) is 0 Å². The Balaban J connectivity index is 2.12. The average molecular weight is 225 g/mol. The first-order chi connectivity index (χ1) is 8.27. The van der Waals surface area contributed by atoms with Gasteiger partial charge in [-0.3, -0.25) is 0 Å². The summed E-state index contributed by atoms with van der Waals surface area (Å²) in [5.74, 6) is -0.873. The Morgan fingerprint density at radius 3 is 2.35 bits per heavy atom. The molecule has 0 aliphatic rings. The van der Waals surface area contributed by atoms with E-state index in [-0.39, 0.29) is 0 Å². The number of carbonyl (C=O) groups is 1. The van der Waals surface area contributed by atoms with Crippen molar-refractivity contribution in [1.29, 1.82) is 0 Å². The molecule has 0 saturated heterocycles. The molecule has 0 aliphatic carbocycles. The monoisotopic (exact) mass is 225 g/mol. The summed E-state index contributed by atoms with van der Waals surface area (Å²) >= 11 is 0. The van der Waals surface area contributed by atoms with Crippen LogP contribution in [0.25, 0.3) is 0 Å². The average Bonchev–Trinajstić information content (AvgIpc) is 2.38. The Hall–Kier alpha value is -2.09. The normalized spacial score (nSPS) is 10.1. The van der Waals surface area contributed by atoms with Crippen molar-refractivity contribution in [2.75, 3.05) is 0 Å². The zero-order valence-corrected chi connectivity index (χ0v) is 9.34. The summed E-state index contributed by atoms with van der Waals surface area (Å²) < 4.78 is 0. The SMILES string of the molecule is O=C(O)c1ccccc1C[CH]c1ccccc1. The van der Waals surface area contributed by atoms with Crippen molar-refractivity contribution in [3.8, 4) is 0 Å². The largest absolute Gasteiger partial charge is 0.478 e. The van der Waals surface area contributed by atoms with Gasteiger partial charge in [-0.2, -0.15) is 0 Å². The molecule has 0 spiro atoms. The highest BCUT2D eigenvalue weighted by molar-refractivity contribution is 5.89. The van der Waals surface area contributed by atoms with Gasteiger partial charge in [0.1, 0.15) is 0 Å². The number of aromatic carboxylic acids is 1. The quantitative estimate of drug-likeness (QED) is 0.867. The van der Waals surface area contributed by atoms with Gasteiger partial charge in [0.15, 0.2) is 0 Å². The molecule has 85 valence electrons. The minimum Gasteiger partial charge on any atom is -0.478 e. The van der Waals surface area contributed by atoms with Crippen molar-refractivity contribution < 1.29 is 9.90 Å². The van der Waals surface area contributed by atoms with Gasteiger partial charge in [-0.1, -0.05) is 48.5 Å². The molecular formula is C15H13O2. The molecule has 0 aromatic heterocycles. The lowest BCUT2D eigenvalue weighted by Gasteiger charge is -2.05. The fourth-order valence-corrected chi connectivity index (χ4v) is 1.72. The highest BCUT2D eigenvalue weighted by Gasteiger charge is 2.08. The first kappa shape index (κ1) is 11.4. The van der Waals surface area contributed by atoms with Crippen molar-refractivity contribution in [2.45, 2.75) is 6.42 Å². The maximum Gasteiger partial charge on any atom is 0.335 e. The summed E-state index contributed by atoms with van der Waals surface area (Å²) in [5, 5.41) is 9.05. The number of benzene rings is 2. The zero-order chi connectivity index (χ0) is 12.1. The highest BCUT2D eigenvalue weighted by Crippen LogP contribution is 2.13. The van der Waals surface area contributed by atoms with Crippen LogP contribution in [0, 0.1) is 6.42 Å². The lowest BCUT2D eigenvalue weighted by Crippen LogP contribution is -2.02. The second kappa shape index (κ2) is 5.30. The summed E-state index contributed by atoms with van der Waals surface area (Å²) in [6, 6.07) is 17.0. The van der Waals surface area contributed by atoms with E-state index in [1.54, 1.807) is 12.1 Å². The van der Waals surface area contributed by atoms with E-state index < -0.39 is 5.97 Å². The third-order valence-corrected chi connectivity index (χ3v) is 2.61. The lowest BCUT2D eigenvalue weighted by atomic mass is 10.00. The molecule has 0 unspecified atom stereocenters. The van der Waals surface area contributed by atoms with Crippen LogP contribution in [0.15, 0.2) is 54.6 Å². The molecule has 0 fully saturated rings. The van der Waals surface area contributed by atoms with Crippen LogP contribution in [0.2, 0.25) is 0 Å². The predicted octanol–water partition coefficient (Wildman–Crippen LogP) is 3.18. The molecule has 17 heavy (non-hydrogen) atoms. The van der Waals surface area contributed by atoms with Gasteiger partial charge >= 0.3 is 5.97 Å². The van der Waals surface area contributed by atoms with Crippen LogP contribution in [-0.4, -0.2) is 11.1 Å². The van der Waals surface area contributed by atoms with Gasteiger partial charge in [-0.15, -0.1) is 0 Å². The standard InChI is InChI=1S/C15H13O2/c16-15(17)14-9-5-4-8-13(14)11-10-12-6-2-1-3-7-12/h1-10H,11H2,(H,16,17). The molecule has 2 aromatic rings. The van der Waals surface area contributed by atoms with Crippen molar-refractivity contribution in [1.82, 2.24) is 0 Å². The number of hydrogen-bond acceptors (Lipinski definition) is 1. The number of hydrogen-bond donors (Lipinski definition) is 1. The number of carboxylic acid groups (broad SMARTS) is 1. The van der Waals surface area contributed by atoms with Crippen LogP contribution in [0.5, 0.6) is 0 Å². The third kappa shape index (κ3) is 2.94. The molecule has 2 nitrogen and oxygen atoms in total. The second-order valence-electron chi connectivity index (χ2n) is 3.78. The van der Waals surface area contributed by atoms with E-state index >= 15 is 0 Å². The maximum absolute atomic E-state index is 11.0. The summed E-state index contributed by atoms with van der Waals surface area (Å²) in [6.07, 6.45) is 2.66. The third-order valence-electron chi connectivity index (χ3n) is 2.61. The van der Waals surface area contributed by atoms with E-state index in [2.05, 4.69) is 0 Å². The van der Waals surface area contributed by atoms with E-state index in [0.717, 1.165) is 11.1 Å². The highest BCUT2D eigenvalue weighted by atomic mass is 16.4. The fraction of sp³-hybridized carbons (Fsp3) is 0.0667. The molecule has 2 rings (SSSR count). The minimum atomic E-state index is -0.873. The summed E-state index contributed by atoms with van der Waals surface area (Å²) in [6.45, 7) is 0. The van der Waals surface area contributed by atoms with Crippen molar-refractivity contribution in [3.05, 3.63) is 77.7 Å². The van der Waals surface area contributed by atoms with E-state index in [0.29, 0.717) is 12.0 Å². The van der Waals surface area contributed by atoms with Crippen molar-refractivity contribution in [2.24, 2.45) is 0 Å². The number of carboxylic acids is 1. The molecule has 0 bridgehead atoms. The van der Waals surface area contributed by atoms with Gasteiger partial charge < -0.3 is 5.11 Å².